The third-order valence-corrected chi connectivity index (χ3v) is 3.11. The molecule has 3 nitrogen and oxygen atoms in total. The zero-order valence-electron chi connectivity index (χ0n) is 9.33. The molecule has 0 saturated heterocycles. The highest BCUT2D eigenvalue weighted by Gasteiger charge is 1.98. The normalized spacial score (nSPS) is 13.1. The van der Waals surface area contributed by atoms with E-state index in [1.54, 1.807) is 7.11 Å². The number of hydrogen-bond acceptors (Lipinski definition) is 4. The molecule has 0 aromatic heterocycles. The van der Waals surface area contributed by atoms with Crippen molar-refractivity contribution in [3.05, 3.63) is 0 Å². The zero-order valence-corrected chi connectivity index (χ0v) is 10.1. The molecule has 1 unspecified atom stereocenters. The van der Waals surface area contributed by atoms with Gasteiger partial charge in [-0.1, -0.05) is 6.92 Å². The quantitative estimate of drug-likeness (QED) is 0.568. The molecule has 0 aliphatic rings. The second kappa shape index (κ2) is 11.3. The van der Waals surface area contributed by atoms with Gasteiger partial charge in [-0.3, -0.25) is 0 Å². The monoisotopic (exact) mass is 221 g/mol. The molecule has 14 heavy (non-hydrogen) atoms. The summed E-state index contributed by atoms with van der Waals surface area (Å²) in [6, 6.07) is 0.356. The van der Waals surface area contributed by atoms with E-state index in [9.17, 15) is 0 Å². The predicted octanol–water partition coefficient (Wildman–Crippen LogP) is 1.51. The van der Waals surface area contributed by atoms with Crippen LogP contribution in [0.3, 0.4) is 0 Å². The van der Waals surface area contributed by atoms with Crippen molar-refractivity contribution >= 4 is 11.8 Å². The Balaban J connectivity index is 2.92. The first-order valence-electron chi connectivity index (χ1n) is 5.21. The molecule has 0 aliphatic heterocycles. The Morgan fingerprint density at radius 2 is 2.07 bits per heavy atom. The number of methoxy groups -OCH3 is 1. The van der Waals surface area contributed by atoms with E-state index < -0.39 is 0 Å². The fraction of sp³-hybridized carbons (Fsp3) is 1.00. The van der Waals surface area contributed by atoms with Gasteiger partial charge < -0.3 is 15.2 Å². The number of rotatable bonds is 10. The molecule has 0 aromatic rings. The van der Waals surface area contributed by atoms with Gasteiger partial charge in [0.25, 0.3) is 0 Å². The van der Waals surface area contributed by atoms with E-state index in [2.05, 4.69) is 6.92 Å². The van der Waals surface area contributed by atoms with Gasteiger partial charge in [0, 0.05) is 25.5 Å². The lowest BCUT2D eigenvalue weighted by atomic mass is 10.3. The Kier molecular flexibility index (Phi) is 11.5. The van der Waals surface area contributed by atoms with E-state index in [0.717, 1.165) is 31.0 Å². The van der Waals surface area contributed by atoms with Crippen molar-refractivity contribution in [1.82, 2.24) is 0 Å². The van der Waals surface area contributed by atoms with Crippen molar-refractivity contribution in [3.8, 4) is 0 Å². The number of thioether (sulfide) groups is 1. The van der Waals surface area contributed by atoms with Crippen molar-refractivity contribution in [2.24, 2.45) is 5.73 Å². The summed E-state index contributed by atoms with van der Waals surface area (Å²) in [5, 5.41) is 0. The van der Waals surface area contributed by atoms with E-state index in [0.29, 0.717) is 19.3 Å². The lowest BCUT2D eigenvalue weighted by molar-refractivity contribution is 0.0713. The van der Waals surface area contributed by atoms with Gasteiger partial charge in [-0.15, -0.1) is 0 Å². The van der Waals surface area contributed by atoms with Crippen LogP contribution in [0.2, 0.25) is 0 Å². The second-order valence-corrected chi connectivity index (χ2v) is 4.35. The van der Waals surface area contributed by atoms with Gasteiger partial charge in [-0.2, -0.15) is 11.8 Å². The molecule has 4 heteroatoms. The summed E-state index contributed by atoms with van der Waals surface area (Å²) in [5.74, 6) is 2.20. The van der Waals surface area contributed by atoms with Crippen molar-refractivity contribution < 1.29 is 9.47 Å². The topological polar surface area (TPSA) is 44.5 Å². The molecule has 0 fully saturated rings. The highest BCUT2D eigenvalue weighted by atomic mass is 32.2. The molecule has 0 saturated carbocycles. The van der Waals surface area contributed by atoms with Crippen LogP contribution in [0.1, 0.15) is 19.8 Å². The highest BCUT2D eigenvalue weighted by Crippen LogP contribution is 2.05. The van der Waals surface area contributed by atoms with Crippen LogP contribution < -0.4 is 5.73 Å². The molecule has 0 aromatic carbocycles. The molecule has 0 heterocycles. The van der Waals surface area contributed by atoms with E-state index in [4.69, 9.17) is 15.2 Å². The van der Waals surface area contributed by atoms with Gasteiger partial charge in [-0.25, -0.2) is 0 Å². The van der Waals surface area contributed by atoms with Gasteiger partial charge in [0.1, 0.15) is 0 Å². The molecule has 0 aliphatic carbocycles. The summed E-state index contributed by atoms with van der Waals surface area (Å²) in [6.45, 7) is 4.35. The first-order chi connectivity index (χ1) is 6.81. The van der Waals surface area contributed by atoms with Gasteiger partial charge in [0.2, 0.25) is 0 Å². The smallest absolute Gasteiger partial charge is 0.0700 e. The van der Waals surface area contributed by atoms with Crippen LogP contribution in [0.5, 0.6) is 0 Å². The summed E-state index contributed by atoms with van der Waals surface area (Å²) in [7, 11) is 1.69. The van der Waals surface area contributed by atoms with E-state index in [1.807, 2.05) is 11.8 Å². The third kappa shape index (κ3) is 10.3. The average Bonchev–Trinajstić information content (AvgIpc) is 2.21. The van der Waals surface area contributed by atoms with Crippen molar-refractivity contribution in [2.45, 2.75) is 25.8 Å². The van der Waals surface area contributed by atoms with Crippen LogP contribution in [-0.2, 0) is 9.47 Å². The van der Waals surface area contributed by atoms with Crippen molar-refractivity contribution in [3.63, 3.8) is 0 Å². The fourth-order valence-corrected chi connectivity index (χ4v) is 1.89. The van der Waals surface area contributed by atoms with Crippen molar-refractivity contribution in [1.29, 1.82) is 0 Å². The summed E-state index contributed by atoms with van der Waals surface area (Å²) < 4.78 is 10.2. The Morgan fingerprint density at radius 1 is 1.29 bits per heavy atom. The predicted molar refractivity (Wildman–Crippen MR) is 62.9 cm³/mol. The van der Waals surface area contributed by atoms with Crippen LogP contribution in [-0.4, -0.2) is 44.5 Å². The van der Waals surface area contributed by atoms with E-state index in [1.165, 1.54) is 0 Å². The van der Waals surface area contributed by atoms with Gasteiger partial charge in [0.05, 0.1) is 13.2 Å². The van der Waals surface area contributed by atoms with Gasteiger partial charge in [0.15, 0.2) is 0 Å². The van der Waals surface area contributed by atoms with Crippen LogP contribution in [0.4, 0.5) is 0 Å². The zero-order chi connectivity index (χ0) is 10.6. The Bertz CT molecular complexity index is 114. The Labute approximate surface area is 91.7 Å². The summed E-state index contributed by atoms with van der Waals surface area (Å²) in [5.41, 5.74) is 5.78. The third-order valence-electron chi connectivity index (χ3n) is 1.87. The fourth-order valence-electron chi connectivity index (χ4n) is 0.860. The summed E-state index contributed by atoms with van der Waals surface area (Å²) in [6.07, 6.45) is 2.17. The molecule has 0 rings (SSSR count). The number of nitrogens with two attached hydrogens (primary N) is 1. The largest absolute Gasteiger partial charge is 0.382 e. The molecular formula is C10H23NO2S. The molecular weight excluding hydrogens is 198 g/mol. The number of ether oxygens (including phenoxy) is 2. The Hall–Kier alpha value is 0.230. The molecule has 86 valence electrons. The average molecular weight is 221 g/mol. The van der Waals surface area contributed by atoms with Crippen LogP contribution in [0.15, 0.2) is 0 Å². The van der Waals surface area contributed by atoms with Crippen LogP contribution >= 0.6 is 11.8 Å². The molecule has 1 atom stereocenters. The summed E-state index contributed by atoms with van der Waals surface area (Å²) >= 11 is 1.91. The van der Waals surface area contributed by atoms with E-state index >= 15 is 0 Å². The maximum Gasteiger partial charge on any atom is 0.0700 e. The van der Waals surface area contributed by atoms with Gasteiger partial charge in [-0.05, 0) is 18.6 Å². The molecule has 2 N–H and O–H groups in total. The SMILES string of the molecule is CCC(N)CSCCCOCCOC. The first kappa shape index (κ1) is 14.2. The highest BCUT2D eigenvalue weighted by molar-refractivity contribution is 7.99. The minimum atomic E-state index is 0.356. The number of hydrogen-bond donors (Lipinski definition) is 1. The maximum atomic E-state index is 5.78. The van der Waals surface area contributed by atoms with Crippen molar-refractivity contribution in [2.75, 3.05) is 38.4 Å². The molecule has 0 bridgehead atoms. The minimum absolute atomic E-state index is 0.356. The lowest BCUT2D eigenvalue weighted by Crippen LogP contribution is -2.21. The Morgan fingerprint density at radius 3 is 2.71 bits per heavy atom. The minimum Gasteiger partial charge on any atom is -0.382 e. The lowest BCUT2D eigenvalue weighted by Gasteiger charge is -2.07. The molecule has 0 radical (unpaired) electrons. The van der Waals surface area contributed by atoms with Crippen LogP contribution in [0, 0.1) is 0 Å². The maximum absolute atomic E-state index is 5.78. The van der Waals surface area contributed by atoms with E-state index in [-0.39, 0.29) is 0 Å². The van der Waals surface area contributed by atoms with Crippen LogP contribution in [0.25, 0.3) is 0 Å². The summed E-state index contributed by atoms with van der Waals surface area (Å²) in [4.78, 5) is 0. The second-order valence-electron chi connectivity index (χ2n) is 3.20. The molecule has 0 amide bonds. The molecule has 0 spiro atoms. The first-order valence-corrected chi connectivity index (χ1v) is 6.36. The van der Waals surface area contributed by atoms with Gasteiger partial charge >= 0.3 is 0 Å². The standard InChI is InChI=1S/C10H23NO2S/c1-3-10(11)9-14-8-4-5-13-7-6-12-2/h10H,3-9,11H2,1-2H3.